The summed E-state index contributed by atoms with van der Waals surface area (Å²) in [7, 11) is 1.69. The summed E-state index contributed by atoms with van der Waals surface area (Å²) in [6, 6.07) is 6.08. The van der Waals surface area contributed by atoms with Crippen molar-refractivity contribution in [3.63, 3.8) is 0 Å². The Kier molecular flexibility index (Phi) is 5.35. The number of hydrogen-bond acceptors (Lipinski definition) is 4. The predicted octanol–water partition coefficient (Wildman–Crippen LogP) is 4.32. The summed E-state index contributed by atoms with van der Waals surface area (Å²) in [5.41, 5.74) is 2.29. The van der Waals surface area contributed by atoms with E-state index < -0.39 is 0 Å². The number of hydrogen-bond donors (Lipinski definition) is 1. The number of amidine groups is 1. The molecule has 1 N–H and O–H groups in total. The molecule has 2 rings (SSSR count). The van der Waals surface area contributed by atoms with Crippen LogP contribution in [0.3, 0.4) is 0 Å². The summed E-state index contributed by atoms with van der Waals surface area (Å²) in [4.78, 5) is 4.65. The molecule has 0 spiro atoms. The first-order valence-corrected chi connectivity index (χ1v) is 8.18. The number of nitrogens with one attached hydrogen (secondary N) is 1. The maximum Gasteiger partial charge on any atom is 0.161 e. The van der Waals surface area contributed by atoms with E-state index in [1.807, 2.05) is 23.9 Å². The number of aliphatic imine (C=N–C) groups is 1. The van der Waals surface area contributed by atoms with Crippen molar-refractivity contribution in [2.75, 3.05) is 19.0 Å². The van der Waals surface area contributed by atoms with Crippen molar-refractivity contribution in [2.45, 2.75) is 38.9 Å². The van der Waals surface area contributed by atoms with Gasteiger partial charge in [-0.15, -0.1) is 0 Å². The van der Waals surface area contributed by atoms with E-state index >= 15 is 0 Å². The number of aryl methyl sites for hydroxylation is 1. The minimum atomic E-state index is 0.631. The lowest BCUT2D eigenvalue weighted by Gasteiger charge is -2.18. The van der Waals surface area contributed by atoms with Crippen molar-refractivity contribution in [1.29, 1.82) is 0 Å². The first-order valence-electron chi connectivity index (χ1n) is 7.30. The molecule has 0 amide bonds. The third-order valence-corrected chi connectivity index (χ3v) is 5.22. The van der Waals surface area contributed by atoms with E-state index in [1.54, 1.807) is 7.11 Å². The van der Waals surface area contributed by atoms with E-state index in [0.29, 0.717) is 5.25 Å². The number of thioether (sulfide) groups is 1. The molecular weight excluding hydrogens is 268 g/mol. The van der Waals surface area contributed by atoms with Crippen LogP contribution in [0.1, 0.15) is 32.3 Å². The van der Waals surface area contributed by atoms with Gasteiger partial charge in [0.05, 0.1) is 13.7 Å². The lowest BCUT2D eigenvalue weighted by Crippen LogP contribution is -2.17. The van der Waals surface area contributed by atoms with Crippen LogP contribution in [-0.4, -0.2) is 24.1 Å². The number of ether oxygens (including phenoxy) is 1. The molecule has 0 saturated heterocycles. The fourth-order valence-electron chi connectivity index (χ4n) is 2.54. The molecule has 1 aliphatic rings. The van der Waals surface area contributed by atoms with Crippen molar-refractivity contribution >= 4 is 22.6 Å². The summed E-state index contributed by atoms with van der Waals surface area (Å²) >= 11 is 1.89. The summed E-state index contributed by atoms with van der Waals surface area (Å²) < 4.78 is 5.23. The van der Waals surface area contributed by atoms with E-state index in [1.165, 1.54) is 18.4 Å². The van der Waals surface area contributed by atoms with Crippen LogP contribution in [0.4, 0.5) is 5.69 Å². The second kappa shape index (κ2) is 7.02. The molecule has 0 fully saturated rings. The first kappa shape index (κ1) is 15.2. The highest BCUT2D eigenvalue weighted by Crippen LogP contribution is 2.32. The smallest absolute Gasteiger partial charge is 0.161 e. The highest BCUT2D eigenvalue weighted by Gasteiger charge is 2.26. The van der Waals surface area contributed by atoms with Crippen molar-refractivity contribution in [1.82, 2.24) is 0 Å². The van der Waals surface area contributed by atoms with E-state index in [2.05, 4.69) is 37.1 Å². The molecule has 0 aromatic heterocycles. The van der Waals surface area contributed by atoms with Gasteiger partial charge in [0.15, 0.2) is 5.17 Å². The monoisotopic (exact) mass is 292 g/mol. The molecule has 1 aromatic rings. The van der Waals surface area contributed by atoms with Crippen LogP contribution in [0.15, 0.2) is 23.2 Å². The zero-order chi connectivity index (χ0) is 14.5. The van der Waals surface area contributed by atoms with Gasteiger partial charge in [-0.05, 0) is 36.6 Å². The zero-order valence-corrected chi connectivity index (χ0v) is 13.6. The molecule has 1 aromatic carbocycles. The standard InChI is InChI=1S/C16H24N2OS/c1-5-12(6-2)15-10-17-16(20-15)18-14-8-7-13(19-4)9-11(14)3/h7-9,12,15H,5-6,10H2,1-4H3,(H,17,18). The predicted molar refractivity (Wildman–Crippen MR) is 89.1 cm³/mol. The average molecular weight is 292 g/mol. The van der Waals surface area contributed by atoms with E-state index in [-0.39, 0.29) is 0 Å². The molecule has 1 aliphatic heterocycles. The third-order valence-electron chi connectivity index (χ3n) is 3.93. The van der Waals surface area contributed by atoms with Crippen LogP contribution < -0.4 is 10.1 Å². The summed E-state index contributed by atoms with van der Waals surface area (Å²) in [6.07, 6.45) is 2.47. The molecule has 0 radical (unpaired) electrons. The summed E-state index contributed by atoms with van der Waals surface area (Å²) in [5, 5.41) is 5.13. The Balaban J connectivity index is 1.98. The van der Waals surface area contributed by atoms with Crippen LogP contribution in [0.5, 0.6) is 5.75 Å². The van der Waals surface area contributed by atoms with E-state index in [4.69, 9.17) is 4.74 Å². The summed E-state index contributed by atoms with van der Waals surface area (Å²) in [6.45, 7) is 7.57. The fourth-order valence-corrected chi connectivity index (χ4v) is 3.87. The second-order valence-electron chi connectivity index (χ2n) is 5.18. The molecule has 0 bridgehead atoms. The Hall–Kier alpha value is -1.16. The normalized spacial score (nSPS) is 18.2. The number of anilines is 1. The molecule has 0 saturated carbocycles. The van der Waals surface area contributed by atoms with Crippen molar-refractivity contribution in [3.05, 3.63) is 23.8 Å². The molecule has 0 aliphatic carbocycles. The zero-order valence-electron chi connectivity index (χ0n) is 12.8. The lowest BCUT2D eigenvalue weighted by molar-refractivity contribution is 0.414. The Labute approximate surface area is 126 Å². The molecule has 3 nitrogen and oxygen atoms in total. The van der Waals surface area contributed by atoms with Gasteiger partial charge in [-0.25, -0.2) is 0 Å². The molecule has 1 heterocycles. The van der Waals surface area contributed by atoms with Crippen LogP contribution in [-0.2, 0) is 0 Å². The Morgan fingerprint density at radius 3 is 2.75 bits per heavy atom. The van der Waals surface area contributed by atoms with E-state index in [0.717, 1.165) is 29.1 Å². The van der Waals surface area contributed by atoms with Gasteiger partial charge in [0.25, 0.3) is 0 Å². The maximum absolute atomic E-state index is 5.23. The second-order valence-corrected chi connectivity index (χ2v) is 6.41. The average Bonchev–Trinajstić information content (AvgIpc) is 2.91. The van der Waals surface area contributed by atoms with Crippen molar-refractivity contribution < 1.29 is 4.74 Å². The minimum Gasteiger partial charge on any atom is -0.497 e. The molecule has 20 heavy (non-hydrogen) atoms. The highest BCUT2D eigenvalue weighted by atomic mass is 32.2. The number of nitrogens with zero attached hydrogens (tertiary/aromatic N) is 1. The maximum atomic E-state index is 5.23. The Morgan fingerprint density at radius 2 is 2.15 bits per heavy atom. The van der Waals surface area contributed by atoms with Crippen LogP contribution in [0.25, 0.3) is 0 Å². The van der Waals surface area contributed by atoms with Gasteiger partial charge in [0, 0.05) is 10.9 Å². The van der Waals surface area contributed by atoms with Gasteiger partial charge in [-0.2, -0.15) is 0 Å². The number of methoxy groups -OCH3 is 1. The quantitative estimate of drug-likeness (QED) is 0.877. The number of rotatable bonds is 5. The molecule has 110 valence electrons. The van der Waals surface area contributed by atoms with Gasteiger partial charge in [0.2, 0.25) is 0 Å². The van der Waals surface area contributed by atoms with E-state index in [9.17, 15) is 0 Å². The Morgan fingerprint density at radius 1 is 1.40 bits per heavy atom. The topological polar surface area (TPSA) is 33.6 Å². The molecule has 1 unspecified atom stereocenters. The molecule has 4 heteroatoms. The lowest BCUT2D eigenvalue weighted by atomic mass is 9.99. The van der Waals surface area contributed by atoms with Gasteiger partial charge in [0.1, 0.15) is 5.75 Å². The third kappa shape index (κ3) is 3.48. The summed E-state index contributed by atoms with van der Waals surface area (Å²) in [5.74, 6) is 1.66. The van der Waals surface area contributed by atoms with Crippen LogP contribution >= 0.6 is 11.8 Å². The number of benzene rings is 1. The van der Waals surface area contributed by atoms with Crippen LogP contribution in [0, 0.1) is 12.8 Å². The van der Waals surface area contributed by atoms with Gasteiger partial charge < -0.3 is 10.1 Å². The van der Waals surface area contributed by atoms with Crippen molar-refractivity contribution in [2.24, 2.45) is 10.9 Å². The highest BCUT2D eigenvalue weighted by molar-refractivity contribution is 8.15. The first-order chi connectivity index (χ1) is 9.67. The molecular formula is C16H24N2OS. The minimum absolute atomic E-state index is 0.631. The van der Waals surface area contributed by atoms with Crippen molar-refractivity contribution in [3.8, 4) is 5.75 Å². The van der Waals surface area contributed by atoms with Gasteiger partial charge in [-0.1, -0.05) is 38.5 Å². The molecule has 1 atom stereocenters. The SMILES string of the molecule is CCC(CC)C1CN=C(Nc2ccc(OC)cc2C)S1. The van der Waals surface area contributed by atoms with Crippen LogP contribution in [0.2, 0.25) is 0 Å². The van der Waals surface area contributed by atoms with Gasteiger partial charge in [-0.3, -0.25) is 4.99 Å². The van der Waals surface area contributed by atoms with Gasteiger partial charge >= 0.3 is 0 Å². The Bertz CT molecular complexity index is 483. The largest absolute Gasteiger partial charge is 0.497 e. The fraction of sp³-hybridized carbons (Fsp3) is 0.562.